The monoisotopic (exact) mass is 309 g/mol. The van der Waals surface area contributed by atoms with E-state index in [0.717, 1.165) is 12.8 Å². The van der Waals surface area contributed by atoms with Crippen LogP contribution in [0.25, 0.3) is 4.96 Å². The molecule has 112 valence electrons. The summed E-state index contributed by atoms with van der Waals surface area (Å²) in [6.45, 7) is 0.476. The molecule has 21 heavy (non-hydrogen) atoms. The van der Waals surface area contributed by atoms with Crippen molar-refractivity contribution in [3.8, 4) is 0 Å². The molecule has 1 aliphatic carbocycles. The van der Waals surface area contributed by atoms with Crippen LogP contribution in [0.15, 0.2) is 11.6 Å². The van der Waals surface area contributed by atoms with Gasteiger partial charge in [0, 0.05) is 24.4 Å². The number of anilines is 1. The Morgan fingerprint density at radius 3 is 3.10 bits per heavy atom. The Morgan fingerprint density at radius 1 is 1.57 bits per heavy atom. The zero-order valence-corrected chi connectivity index (χ0v) is 12.1. The highest BCUT2D eigenvalue weighted by Gasteiger charge is 2.24. The molecule has 2 aromatic rings. The number of hydrogen-bond acceptors (Lipinski definition) is 6. The third kappa shape index (κ3) is 3.13. The van der Waals surface area contributed by atoms with Crippen molar-refractivity contribution in [2.45, 2.75) is 31.7 Å². The largest absolute Gasteiger partial charge is 0.372 e. The Labute approximate surface area is 124 Å². The first kappa shape index (κ1) is 13.8. The van der Waals surface area contributed by atoms with Crippen molar-refractivity contribution in [2.24, 2.45) is 0 Å². The van der Waals surface area contributed by atoms with Gasteiger partial charge in [0.05, 0.1) is 0 Å². The van der Waals surface area contributed by atoms with Gasteiger partial charge in [-0.1, -0.05) is 11.3 Å². The highest BCUT2D eigenvalue weighted by Crippen LogP contribution is 2.27. The topological polar surface area (TPSA) is 102 Å². The van der Waals surface area contributed by atoms with Gasteiger partial charge in [-0.15, -0.1) is 0 Å². The minimum Gasteiger partial charge on any atom is -0.363 e. The lowest BCUT2D eigenvalue weighted by molar-refractivity contribution is -0.389. The SMILES string of the molecule is O=C(CCCNc1nc2sccn2c1[N+](=O)[O-])NC1CC1. The Bertz CT molecular complexity index is 676. The number of imidazole rings is 1. The Balaban J connectivity index is 1.54. The van der Waals surface area contributed by atoms with Gasteiger partial charge in [0.2, 0.25) is 11.7 Å². The summed E-state index contributed by atoms with van der Waals surface area (Å²) < 4.78 is 1.45. The van der Waals surface area contributed by atoms with Gasteiger partial charge < -0.3 is 20.7 Å². The zero-order chi connectivity index (χ0) is 14.8. The molecule has 0 radical (unpaired) electrons. The van der Waals surface area contributed by atoms with Crippen LogP contribution in [0.5, 0.6) is 0 Å². The number of nitro groups is 1. The number of fused-ring (bicyclic) bond motifs is 1. The number of rotatable bonds is 7. The maximum Gasteiger partial charge on any atom is 0.372 e. The predicted octanol–water partition coefficient (Wildman–Crippen LogP) is 1.77. The third-order valence-corrected chi connectivity index (χ3v) is 3.98. The molecule has 9 heteroatoms. The second kappa shape index (κ2) is 5.68. The summed E-state index contributed by atoms with van der Waals surface area (Å²) in [6, 6.07) is 0.367. The van der Waals surface area contributed by atoms with Gasteiger partial charge in [-0.3, -0.25) is 4.79 Å². The predicted molar refractivity (Wildman–Crippen MR) is 78.6 cm³/mol. The molecular weight excluding hydrogens is 294 g/mol. The van der Waals surface area contributed by atoms with E-state index in [1.807, 2.05) is 0 Å². The van der Waals surface area contributed by atoms with E-state index >= 15 is 0 Å². The van der Waals surface area contributed by atoms with Crippen molar-refractivity contribution in [1.29, 1.82) is 0 Å². The van der Waals surface area contributed by atoms with E-state index in [9.17, 15) is 14.9 Å². The first-order valence-electron chi connectivity index (χ1n) is 6.78. The number of hydrogen-bond donors (Lipinski definition) is 2. The minimum absolute atomic E-state index is 0.0413. The van der Waals surface area contributed by atoms with Gasteiger partial charge in [-0.05, 0) is 24.2 Å². The van der Waals surface area contributed by atoms with E-state index in [1.54, 1.807) is 11.6 Å². The molecule has 3 rings (SSSR count). The molecule has 0 atom stereocenters. The first-order chi connectivity index (χ1) is 10.1. The molecule has 2 aromatic heterocycles. The van der Waals surface area contributed by atoms with Gasteiger partial charge >= 0.3 is 5.82 Å². The van der Waals surface area contributed by atoms with Crippen LogP contribution >= 0.6 is 11.3 Å². The average Bonchev–Trinajstić information content (AvgIpc) is 2.99. The van der Waals surface area contributed by atoms with Gasteiger partial charge in [-0.2, -0.15) is 9.38 Å². The van der Waals surface area contributed by atoms with E-state index in [-0.39, 0.29) is 17.5 Å². The van der Waals surface area contributed by atoms with Gasteiger partial charge in [0.1, 0.15) is 6.20 Å². The fraction of sp³-hybridized carbons (Fsp3) is 0.500. The molecule has 1 fully saturated rings. The molecule has 0 spiro atoms. The number of nitrogens with one attached hydrogen (secondary N) is 2. The number of aromatic nitrogens is 2. The van der Waals surface area contributed by atoms with Crippen molar-refractivity contribution >= 4 is 33.8 Å². The molecule has 0 saturated heterocycles. The minimum atomic E-state index is -0.450. The Kier molecular flexibility index (Phi) is 3.74. The van der Waals surface area contributed by atoms with E-state index in [0.29, 0.717) is 30.4 Å². The number of nitrogens with zero attached hydrogens (tertiary/aromatic N) is 3. The molecule has 0 unspecified atom stereocenters. The maximum absolute atomic E-state index is 11.5. The smallest absolute Gasteiger partial charge is 0.363 e. The number of thiazole rings is 1. The average molecular weight is 309 g/mol. The molecule has 2 N–H and O–H groups in total. The lowest BCUT2D eigenvalue weighted by atomic mass is 10.3. The highest BCUT2D eigenvalue weighted by atomic mass is 32.1. The van der Waals surface area contributed by atoms with Crippen LogP contribution in [0.4, 0.5) is 11.6 Å². The molecule has 0 bridgehead atoms. The van der Waals surface area contributed by atoms with E-state index in [1.165, 1.54) is 15.7 Å². The lowest BCUT2D eigenvalue weighted by Gasteiger charge is -2.04. The lowest BCUT2D eigenvalue weighted by Crippen LogP contribution is -2.25. The van der Waals surface area contributed by atoms with Crippen LogP contribution in [-0.4, -0.2) is 32.8 Å². The standard InChI is InChI=1S/C12H15N5O3S/c18-9(14-8-3-4-8)2-1-5-13-10-11(17(19)20)16-6-7-21-12(16)15-10/h6-8,13H,1-5H2,(H,14,18). The van der Waals surface area contributed by atoms with Crippen molar-refractivity contribution in [2.75, 3.05) is 11.9 Å². The maximum atomic E-state index is 11.5. The van der Waals surface area contributed by atoms with Crippen LogP contribution < -0.4 is 10.6 Å². The molecular formula is C12H15N5O3S. The summed E-state index contributed by atoms with van der Waals surface area (Å²) in [5, 5.41) is 18.7. The number of carbonyl (C=O) groups is 1. The molecule has 1 aliphatic rings. The summed E-state index contributed by atoms with van der Waals surface area (Å²) in [4.78, 5) is 27.0. The molecule has 1 saturated carbocycles. The van der Waals surface area contributed by atoms with Crippen LogP contribution in [-0.2, 0) is 4.79 Å². The Morgan fingerprint density at radius 2 is 2.38 bits per heavy atom. The van der Waals surface area contributed by atoms with Gasteiger partial charge in [-0.25, -0.2) is 0 Å². The van der Waals surface area contributed by atoms with Gasteiger partial charge in [0.15, 0.2) is 0 Å². The second-order valence-electron chi connectivity index (χ2n) is 4.97. The van der Waals surface area contributed by atoms with Crippen LogP contribution in [0.3, 0.4) is 0 Å². The molecule has 1 amide bonds. The first-order valence-corrected chi connectivity index (χ1v) is 7.66. The van der Waals surface area contributed by atoms with Gasteiger partial charge in [0.25, 0.3) is 4.96 Å². The molecule has 0 aliphatic heterocycles. The Hall–Kier alpha value is -2.16. The highest BCUT2D eigenvalue weighted by molar-refractivity contribution is 7.15. The number of amides is 1. The molecule has 0 aromatic carbocycles. The summed E-state index contributed by atoms with van der Waals surface area (Å²) in [7, 11) is 0. The van der Waals surface area contributed by atoms with Crippen LogP contribution in [0, 0.1) is 10.1 Å². The summed E-state index contributed by atoms with van der Waals surface area (Å²) >= 11 is 1.34. The van der Waals surface area contributed by atoms with Crippen LogP contribution in [0.2, 0.25) is 0 Å². The fourth-order valence-electron chi connectivity index (χ4n) is 2.05. The van der Waals surface area contributed by atoms with Crippen molar-refractivity contribution in [3.63, 3.8) is 0 Å². The van der Waals surface area contributed by atoms with Crippen LogP contribution in [0.1, 0.15) is 25.7 Å². The van der Waals surface area contributed by atoms with E-state index in [4.69, 9.17) is 0 Å². The summed E-state index contributed by atoms with van der Waals surface area (Å²) in [5.74, 6) is 0.239. The normalized spacial score (nSPS) is 14.3. The van der Waals surface area contributed by atoms with Crippen molar-refractivity contribution < 1.29 is 9.72 Å². The number of carbonyl (C=O) groups excluding carboxylic acids is 1. The van der Waals surface area contributed by atoms with E-state index < -0.39 is 4.92 Å². The second-order valence-corrected chi connectivity index (χ2v) is 5.84. The third-order valence-electron chi connectivity index (χ3n) is 3.23. The zero-order valence-electron chi connectivity index (χ0n) is 11.2. The quantitative estimate of drug-likeness (QED) is 0.461. The molecule has 8 nitrogen and oxygen atoms in total. The summed E-state index contributed by atoms with van der Waals surface area (Å²) in [5.41, 5.74) is 0. The fourth-order valence-corrected chi connectivity index (χ4v) is 2.76. The van der Waals surface area contributed by atoms with Crippen molar-refractivity contribution in [3.05, 3.63) is 21.7 Å². The molecule has 2 heterocycles. The van der Waals surface area contributed by atoms with E-state index in [2.05, 4.69) is 15.6 Å². The summed E-state index contributed by atoms with van der Waals surface area (Å²) in [6.07, 6.45) is 4.79. The van der Waals surface area contributed by atoms with Crippen molar-refractivity contribution in [1.82, 2.24) is 14.7 Å².